The smallest absolute Gasteiger partial charge is 0.246 e. The van der Waals surface area contributed by atoms with Crippen molar-refractivity contribution in [1.82, 2.24) is 11.5 Å². The highest BCUT2D eigenvalue weighted by Gasteiger charge is 1.97. The van der Waals surface area contributed by atoms with E-state index in [4.69, 9.17) is 5.73 Å². The van der Waals surface area contributed by atoms with Crippen LogP contribution in [0.5, 0.6) is 0 Å². The molecule has 11 heavy (non-hydrogen) atoms. The lowest BCUT2D eigenvalue weighted by atomic mass is 10.3. The fraction of sp³-hybridized carbons (Fsp3) is 0.571. The molecule has 0 heterocycles. The maximum atomic E-state index is 10.8. The molecule has 4 nitrogen and oxygen atoms in total. The number of nitrogens with two attached hydrogens (primary N) is 1. The zero-order valence-corrected chi connectivity index (χ0v) is 7.02. The van der Waals surface area contributed by atoms with E-state index in [0.717, 1.165) is 6.42 Å². The molecule has 0 radical (unpaired) electrons. The lowest BCUT2D eigenvalue weighted by Gasteiger charge is -2.01. The fourth-order valence-corrected chi connectivity index (χ4v) is 0.455. The Morgan fingerprint density at radius 2 is 2.18 bits per heavy atom. The van der Waals surface area contributed by atoms with Crippen LogP contribution in [0, 0.1) is 0 Å². The van der Waals surface area contributed by atoms with Crippen molar-refractivity contribution < 1.29 is 4.79 Å². The normalized spacial score (nSPS) is 8.18. The zero-order chi connectivity index (χ0) is 7.98. The number of carbonyl (C=O) groups is 1. The molecule has 0 spiro atoms. The van der Waals surface area contributed by atoms with E-state index >= 15 is 0 Å². The van der Waals surface area contributed by atoms with Gasteiger partial charge in [0.2, 0.25) is 5.91 Å². The predicted molar refractivity (Wildman–Crippen MR) is 46.5 cm³/mol. The zero-order valence-electron chi connectivity index (χ0n) is 7.02. The summed E-state index contributed by atoms with van der Waals surface area (Å²) in [5.41, 5.74) is 5.76. The molecule has 0 aromatic carbocycles. The highest BCUT2D eigenvalue weighted by Crippen LogP contribution is 1.84. The van der Waals surface area contributed by atoms with Gasteiger partial charge in [-0.2, -0.15) is 0 Å². The van der Waals surface area contributed by atoms with Crippen molar-refractivity contribution in [3.8, 4) is 0 Å². The minimum Gasteiger partial charge on any atom is -0.352 e. The number of nitrogens with one attached hydrogen (secondary N) is 1. The van der Waals surface area contributed by atoms with E-state index in [-0.39, 0.29) is 12.1 Å². The molecule has 1 amide bonds. The van der Waals surface area contributed by atoms with E-state index in [1.165, 1.54) is 0 Å². The molecule has 66 valence electrons. The minimum absolute atomic E-state index is 0. The molecular formula is C7H17N3O. The summed E-state index contributed by atoms with van der Waals surface area (Å²) in [7, 11) is 0. The van der Waals surface area contributed by atoms with Crippen LogP contribution in [0.15, 0.2) is 12.2 Å². The van der Waals surface area contributed by atoms with Gasteiger partial charge >= 0.3 is 0 Å². The highest BCUT2D eigenvalue weighted by molar-refractivity contribution is 5.91. The van der Waals surface area contributed by atoms with Crippen molar-refractivity contribution in [1.29, 1.82) is 0 Å². The van der Waals surface area contributed by atoms with Gasteiger partial charge in [-0.1, -0.05) is 6.58 Å². The van der Waals surface area contributed by atoms with E-state index in [1.54, 1.807) is 6.92 Å². The van der Waals surface area contributed by atoms with Gasteiger partial charge in [-0.3, -0.25) is 4.79 Å². The molecule has 0 saturated heterocycles. The van der Waals surface area contributed by atoms with Crippen LogP contribution in [0.3, 0.4) is 0 Å². The SMILES string of the molecule is C=C(C)C(=O)NCCCN.N. The summed E-state index contributed by atoms with van der Waals surface area (Å²) in [5, 5.41) is 2.66. The van der Waals surface area contributed by atoms with Crippen molar-refractivity contribution in [3.63, 3.8) is 0 Å². The van der Waals surface area contributed by atoms with Gasteiger partial charge in [-0.25, -0.2) is 0 Å². The Bertz CT molecular complexity index is 134. The molecule has 0 aromatic heterocycles. The van der Waals surface area contributed by atoms with Gasteiger partial charge in [0.25, 0.3) is 0 Å². The van der Waals surface area contributed by atoms with Gasteiger partial charge in [-0.15, -0.1) is 0 Å². The molecule has 0 aromatic rings. The van der Waals surface area contributed by atoms with E-state index in [0.29, 0.717) is 18.7 Å². The van der Waals surface area contributed by atoms with Crippen LogP contribution in [-0.4, -0.2) is 19.0 Å². The molecule has 0 bridgehead atoms. The Morgan fingerprint density at radius 1 is 1.64 bits per heavy atom. The Kier molecular flexibility index (Phi) is 8.41. The van der Waals surface area contributed by atoms with Crippen LogP contribution in [-0.2, 0) is 4.79 Å². The van der Waals surface area contributed by atoms with Gasteiger partial charge in [0, 0.05) is 12.1 Å². The first-order valence-corrected chi connectivity index (χ1v) is 3.32. The first-order chi connectivity index (χ1) is 4.68. The first kappa shape index (κ1) is 12.8. The topological polar surface area (TPSA) is 90.1 Å². The van der Waals surface area contributed by atoms with E-state index in [9.17, 15) is 4.79 Å². The van der Waals surface area contributed by atoms with Crippen molar-refractivity contribution in [2.45, 2.75) is 13.3 Å². The second kappa shape index (κ2) is 7.24. The van der Waals surface area contributed by atoms with Gasteiger partial charge in [0.1, 0.15) is 0 Å². The predicted octanol–water partition coefficient (Wildman–Crippen LogP) is 0.190. The van der Waals surface area contributed by atoms with Crippen LogP contribution in [0.25, 0.3) is 0 Å². The average molecular weight is 159 g/mol. The van der Waals surface area contributed by atoms with Crippen LogP contribution < -0.4 is 17.2 Å². The molecular weight excluding hydrogens is 142 g/mol. The van der Waals surface area contributed by atoms with Gasteiger partial charge < -0.3 is 17.2 Å². The molecule has 0 rings (SSSR count). The molecule has 0 unspecified atom stereocenters. The van der Waals surface area contributed by atoms with Gasteiger partial charge in [-0.05, 0) is 19.9 Å². The molecule has 4 heteroatoms. The van der Waals surface area contributed by atoms with E-state index in [1.807, 2.05) is 0 Å². The Balaban J connectivity index is 0. The Hall–Kier alpha value is -0.870. The molecule has 6 N–H and O–H groups in total. The minimum atomic E-state index is -0.0894. The number of amides is 1. The largest absolute Gasteiger partial charge is 0.352 e. The lowest BCUT2D eigenvalue weighted by molar-refractivity contribution is -0.117. The van der Waals surface area contributed by atoms with Gasteiger partial charge in [0.05, 0.1) is 0 Å². The molecule has 0 aliphatic rings. The van der Waals surface area contributed by atoms with Crippen molar-refractivity contribution >= 4 is 5.91 Å². The third-order valence-corrected chi connectivity index (χ3v) is 1.05. The summed E-state index contributed by atoms with van der Waals surface area (Å²) >= 11 is 0. The highest BCUT2D eigenvalue weighted by atomic mass is 16.1. The average Bonchev–Trinajstić information content (AvgIpc) is 1.88. The summed E-state index contributed by atoms with van der Waals surface area (Å²) in [6, 6.07) is 0. The Labute approximate surface area is 67.4 Å². The fourth-order valence-electron chi connectivity index (χ4n) is 0.455. The Morgan fingerprint density at radius 3 is 2.55 bits per heavy atom. The first-order valence-electron chi connectivity index (χ1n) is 3.32. The number of carbonyl (C=O) groups excluding carboxylic acids is 1. The van der Waals surface area contributed by atoms with E-state index < -0.39 is 0 Å². The van der Waals surface area contributed by atoms with Crippen molar-refractivity contribution in [3.05, 3.63) is 12.2 Å². The number of rotatable bonds is 4. The standard InChI is InChI=1S/C7H14N2O.H3N/c1-6(2)7(10)9-5-3-4-8;/h1,3-5,8H2,2H3,(H,9,10);1H3. The maximum Gasteiger partial charge on any atom is 0.246 e. The molecule has 0 aliphatic heterocycles. The molecule has 0 atom stereocenters. The summed E-state index contributed by atoms with van der Waals surface area (Å²) < 4.78 is 0. The third kappa shape index (κ3) is 7.02. The van der Waals surface area contributed by atoms with Crippen LogP contribution in [0.1, 0.15) is 13.3 Å². The summed E-state index contributed by atoms with van der Waals surface area (Å²) in [5.74, 6) is -0.0894. The number of hydrogen-bond acceptors (Lipinski definition) is 3. The quantitative estimate of drug-likeness (QED) is 0.404. The molecule has 0 fully saturated rings. The molecule has 0 saturated carbocycles. The van der Waals surface area contributed by atoms with Crippen LogP contribution in [0.2, 0.25) is 0 Å². The van der Waals surface area contributed by atoms with Crippen molar-refractivity contribution in [2.24, 2.45) is 5.73 Å². The maximum absolute atomic E-state index is 10.8. The summed E-state index contributed by atoms with van der Waals surface area (Å²) in [6.07, 6.45) is 0.818. The second-order valence-electron chi connectivity index (χ2n) is 2.18. The van der Waals surface area contributed by atoms with E-state index in [2.05, 4.69) is 11.9 Å². The van der Waals surface area contributed by atoms with Crippen molar-refractivity contribution in [2.75, 3.05) is 13.1 Å². The lowest BCUT2D eigenvalue weighted by Crippen LogP contribution is -2.26. The van der Waals surface area contributed by atoms with Crippen LogP contribution >= 0.6 is 0 Å². The monoisotopic (exact) mass is 159 g/mol. The molecule has 0 aliphatic carbocycles. The third-order valence-electron chi connectivity index (χ3n) is 1.05. The van der Waals surface area contributed by atoms with Gasteiger partial charge in [0.15, 0.2) is 0 Å². The summed E-state index contributed by atoms with van der Waals surface area (Å²) in [6.45, 7) is 6.42. The van der Waals surface area contributed by atoms with Crippen LogP contribution in [0.4, 0.5) is 0 Å². The summed E-state index contributed by atoms with van der Waals surface area (Å²) in [4.78, 5) is 10.8. The number of hydrogen-bond donors (Lipinski definition) is 3. The second-order valence-corrected chi connectivity index (χ2v) is 2.18.